The fraction of sp³-hybridized carbons (Fsp3) is 0. The third kappa shape index (κ3) is 7.46. The first-order valence-corrected chi connectivity index (χ1v) is 19.9. The number of nitrogens with zero attached hydrogens (tertiary/aromatic N) is 1. The minimum atomic E-state index is -0.124. The highest BCUT2D eigenvalue weighted by molar-refractivity contribution is 5.97. The van der Waals surface area contributed by atoms with Gasteiger partial charge in [-0.25, -0.2) is 0 Å². The van der Waals surface area contributed by atoms with E-state index in [-0.39, 0.29) is 35.4 Å². The molecule has 0 aromatic heterocycles. The Hall–Kier alpha value is -7.74. The van der Waals surface area contributed by atoms with Crippen LogP contribution in [0.25, 0.3) is 77.5 Å². The number of anilines is 3. The second-order valence-corrected chi connectivity index (χ2v) is 14.7. The average molecular weight is 756 g/mol. The van der Waals surface area contributed by atoms with Crippen molar-refractivity contribution in [1.82, 2.24) is 0 Å². The monoisotopic (exact) mass is 755 g/mol. The minimum absolute atomic E-state index is 0.101. The van der Waals surface area contributed by atoms with Gasteiger partial charge >= 0.3 is 0 Å². The molecular formula is C58H41N. The van der Waals surface area contributed by atoms with E-state index in [0.29, 0.717) is 16.9 Å². The van der Waals surface area contributed by atoms with Crippen molar-refractivity contribution >= 4 is 27.8 Å². The molecule has 0 atom stereocenters. The molecule has 0 spiro atoms. The summed E-state index contributed by atoms with van der Waals surface area (Å²) in [6.07, 6.45) is 0. The third-order valence-electron chi connectivity index (χ3n) is 10.9. The van der Waals surface area contributed by atoms with Crippen LogP contribution in [-0.2, 0) is 0 Å². The molecule has 10 aromatic rings. The second-order valence-electron chi connectivity index (χ2n) is 14.7. The molecule has 0 unspecified atom stereocenters. The zero-order valence-electron chi connectivity index (χ0n) is 36.3. The SMILES string of the molecule is [2H]c1c([2H])c(N(c2ccc(-c3cc(-c4ccccc4)cc(-c4ccccc4)c3)cc2)c2cccc(-c3cccc4ccccc34)c2)c([2H])c([2H])c1-c1ccc(-c2ccccc2)cc1. The number of rotatable bonds is 9. The van der Waals surface area contributed by atoms with Gasteiger partial charge in [0.1, 0.15) is 0 Å². The largest absolute Gasteiger partial charge is 0.310 e. The molecule has 0 amide bonds. The predicted molar refractivity (Wildman–Crippen MR) is 251 cm³/mol. The molecule has 0 aliphatic rings. The highest BCUT2D eigenvalue weighted by Crippen LogP contribution is 2.40. The van der Waals surface area contributed by atoms with Gasteiger partial charge < -0.3 is 4.90 Å². The lowest BCUT2D eigenvalue weighted by atomic mass is 9.93. The van der Waals surface area contributed by atoms with Crippen molar-refractivity contribution in [2.75, 3.05) is 4.90 Å². The van der Waals surface area contributed by atoms with Gasteiger partial charge in [0.25, 0.3) is 0 Å². The summed E-state index contributed by atoms with van der Waals surface area (Å²) in [5, 5.41) is 2.25. The van der Waals surface area contributed by atoms with E-state index in [1.807, 2.05) is 108 Å². The molecule has 0 heterocycles. The average Bonchev–Trinajstić information content (AvgIpc) is 3.35. The van der Waals surface area contributed by atoms with Crippen molar-refractivity contribution in [3.05, 3.63) is 249 Å². The lowest BCUT2D eigenvalue weighted by Crippen LogP contribution is -2.10. The molecule has 10 aromatic carbocycles. The molecule has 0 bridgehead atoms. The fourth-order valence-electron chi connectivity index (χ4n) is 7.91. The Labute approximate surface area is 352 Å². The van der Waals surface area contributed by atoms with Crippen LogP contribution in [0.3, 0.4) is 0 Å². The van der Waals surface area contributed by atoms with Crippen molar-refractivity contribution in [2.24, 2.45) is 0 Å². The van der Waals surface area contributed by atoms with Crippen molar-refractivity contribution in [3.63, 3.8) is 0 Å². The fourth-order valence-corrected chi connectivity index (χ4v) is 7.91. The smallest absolute Gasteiger partial charge is 0.0645 e. The van der Waals surface area contributed by atoms with Crippen LogP contribution in [0.15, 0.2) is 249 Å². The molecule has 1 heteroatoms. The molecule has 0 saturated heterocycles. The van der Waals surface area contributed by atoms with Crippen LogP contribution in [0.4, 0.5) is 17.1 Å². The van der Waals surface area contributed by atoms with E-state index in [9.17, 15) is 5.48 Å². The topological polar surface area (TPSA) is 3.24 Å². The Morgan fingerprint density at radius 1 is 0.254 bits per heavy atom. The number of hydrogen-bond donors (Lipinski definition) is 0. The number of benzene rings is 10. The Balaban J connectivity index is 1.12. The van der Waals surface area contributed by atoms with Gasteiger partial charge in [-0.05, 0) is 132 Å². The van der Waals surface area contributed by atoms with Gasteiger partial charge in [0.05, 0.1) is 5.48 Å². The molecule has 0 aliphatic heterocycles. The number of fused-ring (bicyclic) bond motifs is 1. The zero-order valence-corrected chi connectivity index (χ0v) is 32.3. The first-order valence-electron chi connectivity index (χ1n) is 21.9. The first-order chi connectivity index (χ1) is 30.9. The number of hydrogen-bond acceptors (Lipinski definition) is 1. The van der Waals surface area contributed by atoms with Gasteiger partial charge in [-0.1, -0.05) is 194 Å². The molecule has 59 heavy (non-hydrogen) atoms. The van der Waals surface area contributed by atoms with Crippen LogP contribution < -0.4 is 4.90 Å². The standard InChI is InChI=1S/C58H41N/c1-4-14-42(15-5-1)45-26-28-46(29-27-45)47-30-34-54(35-31-47)59(56-23-12-22-50(41-56)58-25-13-21-49-20-10-11-24-57(49)58)55-36-32-48(33-37-55)53-39-51(43-16-6-2-7-17-43)38-52(40-53)44-18-8-3-9-19-44/h1-41H/i30D,31D,34D,35D. The first kappa shape index (κ1) is 31.4. The Bertz CT molecular complexity index is 3150. The lowest BCUT2D eigenvalue weighted by Gasteiger charge is -2.26. The Morgan fingerprint density at radius 2 is 0.678 bits per heavy atom. The summed E-state index contributed by atoms with van der Waals surface area (Å²) < 4.78 is 38.1. The minimum Gasteiger partial charge on any atom is -0.310 e. The van der Waals surface area contributed by atoms with E-state index < -0.39 is 0 Å². The molecule has 0 radical (unpaired) electrons. The molecule has 0 N–H and O–H groups in total. The van der Waals surface area contributed by atoms with E-state index in [1.54, 1.807) is 0 Å². The summed E-state index contributed by atoms with van der Waals surface area (Å²) in [6, 6.07) is 75.7. The van der Waals surface area contributed by atoms with E-state index in [2.05, 4.69) is 121 Å². The van der Waals surface area contributed by atoms with Crippen LogP contribution in [0.2, 0.25) is 0 Å². The zero-order chi connectivity index (χ0) is 42.9. The normalized spacial score (nSPS) is 12.0. The maximum absolute atomic E-state index is 9.61. The van der Waals surface area contributed by atoms with E-state index >= 15 is 0 Å². The van der Waals surface area contributed by atoms with Crippen molar-refractivity contribution in [1.29, 1.82) is 0 Å². The van der Waals surface area contributed by atoms with Gasteiger partial charge in [0.2, 0.25) is 0 Å². The summed E-state index contributed by atoms with van der Waals surface area (Å²) in [6.45, 7) is 0. The van der Waals surface area contributed by atoms with Gasteiger partial charge in [0, 0.05) is 17.1 Å². The quantitative estimate of drug-likeness (QED) is 0.142. The van der Waals surface area contributed by atoms with Crippen LogP contribution in [0.5, 0.6) is 0 Å². The summed E-state index contributed by atoms with van der Waals surface area (Å²) in [4.78, 5) is 1.87. The van der Waals surface area contributed by atoms with Crippen molar-refractivity contribution in [2.45, 2.75) is 0 Å². The molecule has 0 saturated carbocycles. The van der Waals surface area contributed by atoms with Crippen molar-refractivity contribution in [3.8, 4) is 66.8 Å². The summed E-state index contributed by atoms with van der Waals surface area (Å²) in [5.74, 6) is 0. The van der Waals surface area contributed by atoms with E-state index in [4.69, 9.17) is 0 Å². The molecule has 0 aliphatic carbocycles. The van der Waals surface area contributed by atoms with E-state index in [0.717, 1.165) is 66.4 Å². The highest BCUT2D eigenvalue weighted by atomic mass is 15.1. The molecule has 1 nitrogen and oxygen atoms in total. The summed E-state index contributed by atoms with van der Waals surface area (Å²) in [7, 11) is 0. The Kier molecular flexibility index (Phi) is 8.51. The summed E-state index contributed by atoms with van der Waals surface area (Å²) in [5.41, 5.74) is 13.1. The Morgan fingerprint density at radius 3 is 1.27 bits per heavy atom. The van der Waals surface area contributed by atoms with Crippen LogP contribution >= 0.6 is 0 Å². The lowest BCUT2D eigenvalue weighted by molar-refractivity contribution is 1.28. The second kappa shape index (κ2) is 16.0. The molecule has 0 fully saturated rings. The van der Waals surface area contributed by atoms with Crippen molar-refractivity contribution < 1.29 is 5.48 Å². The highest BCUT2D eigenvalue weighted by Gasteiger charge is 2.16. The third-order valence-corrected chi connectivity index (χ3v) is 10.9. The van der Waals surface area contributed by atoms with Gasteiger partial charge in [0.15, 0.2) is 0 Å². The van der Waals surface area contributed by atoms with Gasteiger partial charge in [-0.2, -0.15) is 0 Å². The molecule has 10 rings (SSSR count). The predicted octanol–water partition coefficient (Wildman–Crippen LogP) is 16.3. The van der Waals surface area contributed by atoms with Crippen LogP contribution in [0, 0.1) is 0 Å². The molecular weight excluding hydrogens is 711 g/mol. The summed E-state index contributed by atoms with van der Waals surface area (Å²) >= 11 is 0. The molecule has 278 valence electrons. The van der Waals surface area contributed by atoms with Gasteiger partial charge in [-0.15, -0.1) is 0 Å². The van der Waals surface area contributed by atoms with E-state index in [1.165, 1.54) is 0 Å². The van der Waals surface area contributed by atoms with Crippen LogP contribution in [-0.4, -0.2) is 0 Å². The maximum Gasteiger partial charge on any atom is 0.0645 e. The van der Waals surface area contributed by atoms with Crippen LogP contribution in [0.1, 0.15) is 5.48 Å². The van der Waals surface area contributed by atoms with Gasteiger partial charge in [-0.3, -0.25) is 0 Å². The maximum atomic E-state index is 9.61.